The van der Waals surface area contributed by atoms with Crippen molar-refractivity contribution in [2.45, 2.75) is 75.5 Å². The fraction of sp³-hybridized carbons (Fsp3) is 0.548. The van der Waals surface area contributed by atoms with E-state index in [1.54, 1.807) is 13.0 Å². The molecule has 232 valence electrons. The number of hydrogen-bond donors (Lipinski definition) is 5. The molecule has 2 aliphatic carbocycles. The Balaban J connectivity index is 1.44. The molecule has 0 radical (unpaired) electrons. The Morgan fingerprint density at radius 2 is 1.77 bits per heavy atom. The third-order valence-electron chi connectivity index (χ3n) is 9.39. The zero-order chi connectivity index (χ0) is 30.8. The first-order chi connectivity index (χ1) is 20.5. The Morgan fingerprint density at radius 1 is 1.07 bits per heavy atom. The summed E-state index contributed by atoms with van der Waals surface area (Å²) in [4.78, 5) is 29.6. The zero-order valence-electron chi connectivity index (χ0n) is 24.3. The van der Waals surface area contributed by atoms with Crippen molar-refractivity contribution in [2.24, 2.45) is 0 Å². The van der Waals surface area contributed by atoms with Crippen LogP contribution in [0, 0.1) is 0 Å². The summed E-state index contributed by atoms with van der Waals surface area (Å²) < 4.78 is 23.2. The number of methoxy groups -OCH3 is 1. The average molecular weight is 600 g/mol. The number of aromatic hydroxyl groups is 2. The summed E-state index contributed by atoms with van der Waals surface area (Å²) in [7, 11) is 1.36. The highest BCUT2D eigenvalue weighted by atomic mass is 16.7. The number of carbonyl (C=O) groups is 2. The molecular weight excluding hydrogens is 562 g/mol. The molecule has 0 aromatic heterocycles. The molecule has 6 rings (SSSR count). The first kappa shape index (κ1) is 29.9. The standard InChI is InChI=1S/C31H37NO11/c1-14-26(34)18(32-7-9-41-10-8-32)11-21(42-14)43-20-13-31(39,15(2)33)12-17-23(20)30(38)25-24(28(17)36)27(35)16-5-4-6-19(40-3)22(16)29(25)37/h4-6,14-15,18,20-21,26,33-34,36,38-39H,7-13H2,1-3H3/t14?,15?,18?,20-,21?,26?,31-/m0/s1. The lowest BCUT2D eigenvalue weighted by Crippen LogP contribution is -2.58. The van der Waals surface area contributed by atoms with Crippen LogP contribution in [0.4, 0.5) is 0 Å². The minimum Gasteiger partial charge on any atom is -0.507 e. The van der Waals surface area contributed by atoms with Crippen molar-refractivity contribution in [2.75, 3.05) is 33.4 Å². The summed E-state index contributed by atoms with van der Waals surface area (Å²) in [5, 5.41) is 56.2. The fourth-order valence-corrected chi connectivity index (χ4v) is 6.95. The molecule has 2 saturated heterocycles. The van der Waals surface area contributed by atoms with E-state index in [0.29, 0.717) is 26.3 Å². The van der Waals surface area contributed by atoms with E-state index >= 15 is 0 Å². The van der Waals surface area contributed by atoms with Crippen molar-refractivity contribution in [3.8, 4) is 17.2 Å². The van der Waals surface area contributed by atoms with Gasteiger partial charge in [-0.05, 0) is 19.9 Å². The molecule has 0 spiro atoms. The number of hydrogen-bond acceptors (Lipinski definition) is 12. The maximum atomic E-state index is 13.8. The number of nitrogens with zero attached hydrogens (tertiary/aromatic N) is 1. The first-order valence-electron chi connectivity index (χ1n) is 14.5. The Hall–Kier alpha value is -3.10. The molecule has 0 bridgehead atoms. The molecule has 5 unspecified atom stereocenters. The van der Waals surface area contributed by atoms with E-state index in [2.05, 4.69) is 4.90 Å². The predicted molar refractivity (Wildman–Crippen MR) is 150 cm³/mol. The van der Waals surface area contributed by atoms with Gasteiger partial charge in [0.15, 0.2) is 12.1 Å². The number of aliphatic hydroxyl groups excluding tert-OH is 2. The van der Waals surface area contributed by atoms with Gasteiger partial charge >= 0.3 is 0 Å². The zero-order valence-corrected chi connectivity index (χ0v) is 24.3. The lowest BCUT2D eigenvalue weighted by Gasteiger charge is -2.46. The normalized spacial score (nSPS) is 31.6. The van der Waals surface area contributed by atoms with Gasteiger partial charge in [-0.2, -0.15) is 0 Å². The Kier molecular flexibility index (Phi) is 7.74. The van der Waals surface area contributed by atoms with Gasteiger partial charge < -0.3 is 44.5 Å². The van der Waals surface area contributed by atoms with Crippen LogP contribution in [0.3, 0.4) is 0 Å². The van der Waals surface area contributed by atoms with Gasteiger partial charge in [-0.25, -0.2) is 0 Å². The van der Waals surface area contributed by atoms with Crippen LogP contribution >= 0.6 is 0 Å². The van der Waals surface area contributed by atoms with Gasteiger partial charge in [0.05, 0.1) is 67.0 Å². The van der Waals surface area contributed by atoms with Gasteiger partial charge in [-0.1, -0.05) is 12.1 Å². The number of aliphatic hydroxyl groups is 3. The largest absolute Gasteiger partial charge is 0.507 e. The molecule has 2 heterocycles. The average Bonchev–Trinajstić information content (AvgIpc) is 2.99. The van der Waals surface area contributed by atoms with Crippen LogP contribution < -0.4 is 4.74 Å². The van der Waals surface area contributed by atoms with E-state index in [1.165, 1.54) is 26.2 Å². The smallest absolute Gasteiger partial charge is 0.202 e. The van der Waals surface area contributed by atoms with Crippen LogP contribution in [0.25, 0.3) is 0 Å². The molecule has 7 atom stereocenters. The summed E-state index contributed by atoms with van der Waals surface area (Å²) in [6.07, 6.45) is -5.01. The van der Waals surface area contributed by atoms with Gasteiger partial charge in [0.25, 0.3) is 0 Å². The van der Waals surface area contributed by atoms with Crippen molar-refractivity contribution in [1.29, 1.82) is 0 Å². The van der Waals surface area contributed by atoms with Gasteiger partial charge in [0, 0.05) is 55.1 Å². The highest BCUT2D eigenvalue weighted by Crippen LogP contribution is 2.53. The summed E-state index contributed by atoms with van der Waals surface area (Å²) >= 11 is 0. The number of benzene rings is 2. The van der Waals surface area contributed by atoms with Crippen molar-refractivity contribution in [1.82, 2.24) is 4.90 Å². The van der Waals surface area contributed by atoms with Crippen LogP contribution in [0.1, 0.15) is 75.8 Å². The predicted octanol–water partition coefficient (Wildman–Crippen LogP) is 1.19. The van der Waals surface area contributed by atoms with Crippen LogP contribution in [-0.4, -0.2) is 112 Å². The van der Waals surface area contributed by atoms with E-state index in [1.807, 2.05) is 0 Å². The first-order valence-corrected chi connectivity index (χ1v) is 14.5. The molecule has 12 nitrogen and oxygen atoms in total. The molecule has 2 aromatic rings. The molecule has 2 aromatic carbocycles. The summed E-state index contributed by atoms with van der Waals surface area (Å²) in [6.45, 7) is 5.43. The minimum atomic E-state index is -1.80. The lowest BCUT2D eigenvalue weighted by atomic mass is 9.71. The van der Waals surface area contributed by atoms with Crippen LogP contribution in [0.2, 0.25) is 0 Å². The number of phenolic OH excluding ortho intramolecular Hbond substituents is 2. The van der Waals surface area contributed by atoms with Crippen molar-refractivity contribution >= 4 is 11.6 Å². The maximum absolute atomic E-state index is 13.8. The molecule has 4 aliphatic rings. The Bertz CT molecular complexity index is 1450. The summed E-state index contributed by atoms with van der Waals surface area (Å²) in [5.41, 5.74) is -2.55. The van der Waals surface area contributed by atoms with E-state index in [0.717, 1.165) is 0 Å². The topological polar surface area (TPSA) is 175 Å². The SMILES string of the molecule is COc1cccc2c1C(=O)c1c(O)c3c(c(O)c1C2=O)C[C@@](O)(C(C)O)C[C@@H]3OC1CC(N2CCOCC2)C(O)C(C)O1. The molecule has 43 heavy (non-hydrogen) atoms. The monoisotopic (exact) mass is 599 g/mol. The molecule has 2 aliphatic heterocycles. The summed E-state index contributed by atoms with van der Waals surface area (Å²) in [5.74, 6) is -2.36. The second-order valence-electron chi connectivity index (χ2n) is 11.9. The molecule has 0 saturated carbocycles. The van der Waals surface area contributed by atoms with Crippen LogP contribution in [0.15, 0.2) is 18.2 Å². The number of morpholine rings is 1. The van der Waals surface area contributed by atoms with Crippen LogP contribution in [-0.2, 0) is 20.6 Å². The Morgan fingerprint density at radius 3 is 2.44 bits per heavy atom. The third kappa shape index (κ3) is 4.81. The number of fused-ring (bicyclic) bond motifs is 3. The van der Waals surface area contributed by atoms with Gasteiger partial charge in [-0.15, -0.1) is 0 Å². The van der Waals surface area contributed by atoms with Gasteiger partial charge in [0.1, 0.15) is 17.2 Å². The molecular formula is C31H37NO11. The molecule has 2 fully saturated rings. The highest BCUT2D eigenvalue weighted by Gasteiger charge is 2.49. The molecule has 5 N–H and O–H groups in total. The summed E-state index contributed by atoms with van der Waals surface area (Å²) in [6, 6.07) is 4.20. The number of rotatable bonds is 5. The molecule has 12 heteroatoms. The van der Waals surface area contributed by atoms with Crippen molar-refractivity contribution in [3.63, 3.8) is 0 Å². The third-order valence-corrected chi connectivity index (χ3v) is 9.39. The number of ketones is 2. The number of carbonyl (C=O) groups excluding carboxylic acids is 2. The van der Waals surface area contributed by atoms with Crippen LogP contribution in [0.5, 0.6) is 17.2 Å². The Labute approximate surface area is 248 Å². The maximum Gasteiger partial charge on any atom is 0.202 e. The number of ether oxygens (including phenoxy) is 4. The second kappa shape index (κ2) is 11.1. The van der Waals surface area contributed by atoms with Crippen molar-refractivity contribution < 1.29 is 54.1 Å². The lowest BCUT2D eigenvalue weighted by molar-refractivity contribution is -0.263. The minimum absolute atomic E-state index is 0.00276. The second-order valence-corrected chi connectivity index (χ2v) is 11.9. The van der Waals surface area contributed by atoms with Crippen molar-refractivity contribution in [3.05, 3.63) is 51.6 Å². The van der Waals surface area contributed by atoms with E-state index < -0.39 is 59.4 Å². The molecule has 0 amide bonds. The highest BCUT2D eigenvalue weighted by molar-refractivity contribution is 6.31. The van der Waals surface area contributed by atoms with Gasteiger partial charge in [0.2, 0.25) is 5.78 Å². The fourth-order valence-electron chi connectivity index (χ4n) is 6.95. The quantitative estimate of drug-likeness (QED) is 0.265. The van der Waals surface area contributed by atoms with E-state index in [4.69, 9.17) is 18.9 Å². The van der Waals surface area contributed by atoms with E-state index in [-0.39, 0.29) is 64.4 Å². The van der Waals surface area contributed by atoms with Gasteiger partial charge in [-0.3, -0.25) is 14.5 Å². The number of phenols is 2. The van der Waals surface area contributed by atoms with E-state index in [9.17, 15) is 35.1 Å².